The number of carbonyl (C=O) groups is 4. The van der Waals surface area contributed by atoms with Gasteiger partial charge in [-0.05, 0) is 12.8 Å². The number of carboxylic acids is 2. The number of ether oxygens (including phenoxy) is 2. The lowest BCUT2D eigenvalue weighted by molar-refractivity contribution is -0.873. The fourth-order valence-electron chi connectivity index (χ4n) is 7.65. The number of nitrogens with zero attached hydrogens (tertiary/aromatic N) is 2. The van der Waals surface area contributed by atoms with Crippen molar-refractivity contribution in [2.75, 3.05) is 55.4 Å². The van der Waals surface area contributed by atoms with Crippen LogP contribution in [0.25, 0.3) is 0 Å². The zero-order valence-corrected chi connectivity index (χ0v) is 40.8. The van der Waals surface area contributed by atoms with Crippen LogP contribution in [0.5, 0.6) is 0 Å². The van der Waals surface area contributed by atoms with Crippen LogP contribution in [-0.4, -0.2) is 100 Å². The van der Waals surface area contributed by atoms with Gasteiger partial charge < -0.3 is 38.2 Å². The minimum absolute atomic E-state index is 0.236. The van der Waals surface area contributed by atoms with E-state index >= 15 is 0 Å². The molecule has 10 heteroatoms. The van der Waals surface area contributed by atoms with Gasteiger partial charge >= 0.3 is 11.9 Å². The highest BCUT2D eigenvalue weighted by molar-refractivity contribution is 5.71. The minimum Gasteiger partial charge on any atom is -0.550 e. The molecule has 0 amide bonds. The van der Waals surface area contributed by atoms with E-state index < -0.39 is 24.1 Å². The highest BCUT2D eigenvalue weighted by Crippen LogP contribution is 2.16. The van der Waals surface area contributed by atoms with Crippen molar-refractivity contribution in [3.63, 3.8) is 0 Å². The van der Waals surface area contributed by atoms with E-state index in [1.807, 2.05) is 42.3 Å². The average molecular weight is 855 g/mol. The first-order valence-electron chi connectivity index (χ1n) is 24.9. The van der Waals surface area contributed by atoms with Crippen LogP contribution >= 0.6 is 0 Å². The molecule has 0 aromatic rings. The summed E-state index contributed by atoms with van der Waals surface area (Å²) in [6, 6.07) is 0. The molecule has 0 aliphatic rings. The van der Waals surface area contributed by atoms with E-state index in [4.69, 9.17) is 9.47 Å². The number of aliphatic carboxylic acids is 2. The number of hydrogen-bond acceptors (Lipinski definition) is 8. The molecule has 0 aliphatic carbocycles. The van der Waals surface area contributed by atoms with Crippen LogP contribution in [0, 0.1) is 0 Å². The summed E-state index contributed by atoms with van der Waals surface area (Å²) in [6.07, 6.45) is 37.7. The largest absolute Gasteiger partial charge is 0.550 e. The molecular formula is C50H98N2O8. The maximum Gasteiger partial charge on any atom is 0.306 e. The molecule has 0 N–H and O–H groups in total. The van der Waals surface area contributed by atoms with E-state index in [2.05, 4.69) is 13.8 Å². The van der Waals surface area contributed by atoms with Gasteiger partial charge in [0, 0.05) is 37.6 Å². The third kappa shape index (κ3) is 50.2. The Bertz CT molecular complexity index is 943. The fourth-order valence-corrected chi connectivity index (χ4v) is 7.65. The Balaban J connectivity index is 0. The predicted molar refractivity (Wildman–Crippen MR) is 244 cm³/mol. The predicted octanol–water partition coefficient (Wildman–Crippen LogP) is 10.0. The minimum atomic E-state index is -1.17. The molecule has 2 unspecified atom stereocenters. The Morgan fingerprint density at radius 2 is 0.567 bits per heavy atom. The highest BCUT2D eigenvalue weighted by Gasteiger charge is 2.23. The molecule has 0 spiro atoms. The van der Waals surface area contributed by atoms with Gasteiger partial charge in [-0.1, -0.05) is 194 Å². The second-order valence-corrected chi connectivity index (χ2v) is 19.7. The van der Waals surface area contributed by atoms with Crippen LogP contribution in [0.3, 0.4) is 0 Å². The van der Waals surface area contributed by atoms with Crippen molar-refractivity contribution in [2.45, 2.75) is 244 Å². The van der Waals surface area contributed by atoms with Crippen molar-refractivity contribution < 1.29 is 47.8 Å². The molecule has 2 atom stereocenters. The molecule has 10 nitrogen and oxygen atoms in total. The Morgan fingerprint density at radius 3 is 0.750 bits per heavy atom. The van der Waals surface area contributed by atoms with Gasteiger partial charge in [0.25, 0.3) is 0 Å². The first-order chi connectivity index (χ1) is 28.5. The SMILES string of the molecule is CCCCCCCCCCCCCCCCCC(=O)OC(CC(=O)[O-])C[N+](C)(C)C.CCCCCCCCCCCCCCCCCC(=O)OC(CC(=O)[O-])C[N+](C)(C)C. The summed E-state index contributed by atoms with van der Waals surface area (Å²) < 4.78 is 11.9. The molecular weight excluding hydrogens is 757 g/mol. The van der Waals surface area contributed by atoms with Gasteiger partial charge in [0.15, 0.2) is 12.2 Å². The molecule has 0 radical (unpaired) electrons. The van der Waals surface area contributed by atoms with E-state index in [1.54, 1.807) is 0 Å². The number of carbonyl (C=O) groups excluding carboxylic acids is 4. The molecule has 0 rings (SSSR count). The number of quaternary nitrogens is 2. The van der Waals surface area contributed by atoms with Gasteiger partial charge in [0.05, 0.1) is 42.3 Å². The number of hydrogen-bond donors (Lipinski definition) is 0. The first-order valence-corrected chi connectivity index (χ1v) is 24.9. The third-order valence-electron chi connectivity index (χ3n) is 10.9. The van der Waals surface area contributed by atoms with Crippen LogP contribution in [-0.2, 0) is 28.7 Å². The summed E-state index contributed by atoms with van der Waals surface area (Å²) in [5.74, 6) is -2.92. The van der Waals surface area contributed by atoms with Crippen LogP contribution < -0.4 is 10.2 Å². The maximum atomic E-state index is 12.0. The Hall–Kier alpha value is -2.20. The normalized spacial score (nSPS) is 12.7. The highest BCUT2D eigenvalue weighted by atomic mass is 16.5. The number of esters is 2. The van der Waals surface area contributed by atoms with Crippen molar-refractivity contribution in [3.8, 4) is 0 Å². The Kier molecular flexibility index (Phi) is 40.8. The van der Waals surface area contributed by atoms with Gasteiger partial charge in [-0.25, -0.2) is 0 Å². The molecule has 0 bridgehead atoms. The molecule has 0 heterocycles. The number of carboxylic acid groups (broad SMARTS) is 2. The van der Waals surface area contributed by atoms with E-state index in [0.717, 1.165) is 38.5 Å². The van der Waals surface area contributed by atoms with E-state index in [9.17, 15) is 29.4 Å². The Labute approximate surface area is 370 Å². The third-order valence-corrected chi connectivity index (χ3v) is 10.9. The lowest BCUT2D eigenvalue weighted by atomic mass is 10.0. The average Bonchev–Trinajstić information content (AvgIpc) is 3.13. The van der Waals surface area contributed by atoms with Gasteiger partial charge in [-0.15, -0.1) is 0 Å². The smallest absolute Gasteiger partial charge is 0.306 e. The van der Waals surface area contributed by atoms with E-state index in [0.29, 0.717) is 34.9 Å². The van der Waals surface area contributed by atoms with Gasteiger partial charge in [-0.2, -0.15) is 0 Å². The van der Waals surface area contributed by atoms with Crippen LogP contribution in [0.15, 0.2) is 0 Å². The number of unbranched alkanes of at least 4 members (excludes halogenated alkanes) is 28. The molecule has 356 valence electrons. The quantitative estimate of drug-likeness (QED) is 0.0337. The lowest BCUT2D eigenvalue weighted by Gasteiger charge is -2.29. The standard InChI is InChI=1S/2C25H49NO4/c2*1-5-6-7-8-9-10-11-12-13-14-15-16-17-18-19-20-25(29)30-23(21-24(27)28)22-26(2,3)4/h2*23H,5-22H2,1-4H3. The van der Waals surface area contributed by atoms with Gasteiger partial charge in [0.2, 0.25) is 0 Å². The summed E-state index contributed by atoms with van der Waals surface area (Å²) in [4.78, 5) is 45.8. The molecule has 0 fully saturated rings. The molecule has 0 aliphatic heterocycles. The summed E-state index contributed by atoms with van der Waals surface area (Å²) in [5.41, 5.74) is 0. The van der Waals surface area contributed by atoms with Crippen molar-refractivity contribution in [1.82, 2.24) is 0 Å². The van der Waals surface area contributed by atoms with Gasteiger partial charge in [-0.3, -0.25) is 9.59 Å². The maximum absolute atomic E-state index is 12.0. The summed E-state index contributed by atoms with van der Waals surface area (Å²) in [5, 5.41) is 21.8. The molecule has 0 aromatic heterocycles. The zero-order chi connectivity index (χ0) is 45.3. The van der Waals surface area contributed by atoms with Crippen LogP contribution in [0.2, 0.25) is 0 Å². The fraction of sp³-hybridized carbons (Fsp3) is 0.920. The van der Waals surface area contributed by atoms with Crippen LogP contribution in [0.4, 0.5) is 0 Å². The van der Waals surface area contributed by atoms with E-state index in [-0.39, 0.29) is 24.8 Å². The van der Waals surface area contributed by atoms with Crippen LogP contribution in [0.1, 0.15) is 232 Å². The summed E-state index contributed by atoms with van der Waals surface area (Å²) in [6.45, 7) is 5.47. The molecule has 60 heavy (non-hydrogen) atoms. The molecule has 0 aromatic carbocycles. The molecule has 0 saturated carbocycles. The second kappa shape index (κ2) is 40.8. The number of rotatable bonds is 42. The summed E-state index contributed by atoms with van der Waals surface area (Å²) in [7, 11) is 11.7. The summed E-state index contributed by atoms with van der Waals surface area (Å²) >= 11 is 0. The second-order valence-electron chi connectivity index (χ2n) is 19.7. The topological polar surface area (TPSA) is 133 Å². The first kappa shape index (κ1) is 59.9. The van der Waals surface area contributed by atoms with Crippen molar-refractivity contribution in [3.05, 3.63) is 0 Å². The van der Waals surface area contributed by atoms with Crippen molar-refractivity contribution in [2.24, 2.45) is 0 Å². The van der Waals surface area contributed by atoms with Crippen molar-refractivity contribution in [1.29, 1.82) is 0 Å². The lowest BCUT2D eigenvalue weighted by Crippen LogP contribution is -2.45. The van der Waals surface area contributed by atoms with Crippen molar-refractivity contribution >= 4 is 23.9 Å². The Morgan fingerprint density at radius 1 is 0.367 bits per heavy atom. The van der Waals surface area contributed by atoms with Gasteiger partial charge in [0.1, 0.15) is 13.1 Å². The monoisotopic (exact) mass is 855 g/mol. The zero-order valence-electron chi connectivity index (χ0n) is 40.8. The van der Waals surface area contributed by atoms with E-state index in [1.165, 1.54) is 154 Å². The molecule has 0 saturated heterocycles. The number of likely N-dealkylation sites (N-methyl/N-ethyl adjacent to an activating group) is 2.